The van der Waals surface area contributed by atoms with Crippen LogP contribution in [0.5, 0.6) is 0 Å². The van der Waals surface area contributed by atoms with Crippen molar-refractivity contribution in [1.29, 1.82) is 0 Å². The van der Waals surface area contributed by atoms with E-state index in [1.54, 1.807) is 0 Å². The van der Waals surface area contributed by atoms with Crippen molar-refractivity contribution in [3.05, 3.63) is 29.3 Å². The number of hydrogen-bond acceptors (Lipinski definition) is 2. The van der Waals surface area contributed by atoms with E-state index < -0.39 is 5.38 Å². The maximum atomic E-state index is 11.1. The lowest BCUT2D eigenvalue weighted by Crippen LogP contribution is -2.02. The monoisotopic (exact) mass is 228 g/mol. The first-order valence-corrected chi connectivity index (χ1v) is 5.41. The van der Waals surface area contributed by atoms with Gasteiger partial charge in [0.05, 0.1) is 0 Å². The molecule has 76 valence electrons. The van der Waals surface area contributed by atoms with Crippen LogP contribution in [-0.2, 0) is 11.2 Å². The molecule has 1 unspecified atom stereocenters. The second-order valence-electron chi connectivity index (χ2n) is 3.21. The molecule has 1 rings (SSSR count). The number of Topliss-reactive ketones (excluding diaryl/α,β-unsaturated/α-hetero) is 1. The molecule has 0 heterocycles. The Labute approximate surface area is 94.9 Å². The van der Waals surface area contributed by atoms with Gasteiger partial charge in [-0.1, -0.05) is 19.1 Å². The Morgan fingerprint density at radius 3 is 2.71 bits per heavy atom. The van der Waals surface area contributed by atoms with Crippen molar-refractivity contribution in [3.8, 4) is 0 Å². The zero-order chi connectivity index (χ0) is 10.7. The fraction of sp³-hybridized carbons (Fsp3) is 0.364. The first-order valence-electron chi connectivity index (χ1n) is 4.52. The highest BCUT2D eigenvalue weighted by Gasteiger charge is 2.13. The van der Waals surface area contributed by atoms with Crippen molar-refractivity contribution in [2.75, 3.05) is 0 Å². The molecule has 0 aliphatic rings. The van der Waals surface area contributed by atoms with Crippen molar-refractivity contribution < 1.29 is 4.79 Å². The molecule has 0 saturated carbocycles. The summed E-state index contributed by atoms with van der Waals surface area (Å²) in [7, 11) is 0. The van der Waals surface area contributed by atoms with Gasteiger partial charge in [0.1, 0.15) is 5.38 Å². The van der Waals surface area contributed by atoms with Crippen molar-refractivity contribution in [2.24, 2.45) is 0 Å². The van der Waals surface area contributed by atoms with Crippen LogP contribution in [0.3, 0.4) is 0 Å². The Morgan fingerprint density at radius 2 is 2.21 bits per heavy atom. The molecule has 1 aromatic rings. The molecule has 0 aliphatic carbocycles. The molecular weight excluding hydrogens is 216 g/mol. The molecule has 0 fully saturated rings. The van der Waals surface area contributed by atoms with Crippen LogP contribution in [0.25, 0.3) is 0 Å². The van der Waals surface area contributed by atoms with Gasteiger partial charge in [0.25, 0.3) is 0 Å². The largest absolute Gasteiger partial charge is 0.298 e. The van der Waals surface area contributed by atoms with Crippen molar-refractivity contribution in [1.82, 2.24) is 0 Å². The average molecular weight is 229 g/mol. The maximum absolute atomic E-state index is 11.1. The van der Waals surface area contributed by atoms with E-state index >= 15 is 0 Å². The predicted molar refractivity (Wildman–Crippen MR) is 62.3 cm³/mol. The molecule has 0 radical (unpaired) electrons. The lowest BCUT2D eigenvalue weighted by atomic mass is 10.0. The SMILES string of the molecule is CCc1cc(C(Cl)C(C)=O)ccc1S. The van der Waals surface area contributed by atoms with Crippen LogP contribution in [0.2, 0.25) is 0 Å². The first-order chi connectivity index (χ1) is 6.56. The number of benzene rings is 1. The summed E-state index contributed by atoms with van der Waals surface area (Å²) in [4.78, 5) is 12.0. The molecule has 0 spiro atoms. The van der Waals surface area contributed by atoms with Crippen LogP contribution >= 0.6 is 24.2 Å². The van der Waals surface area contributed by atoms with Gasteiger partial charge < -0.3 is 0 Å². The number of ketones is 1. The lowest BCUT2D eigenvalue weighted by molar-refractivity contribution is -0.116. The molecule has 0 N–H and O–H groups in total. The molecule has 0 aliphatic heterocycles. The summed E-state index contributed by atoms with van der Waals surface area (Å²) in [5, 5.41) is -0.533. The second kappa shape index (κ2) is 4.85. The van der Waals surface area contributed by atoms with Gasteiger partial charge in [0, 0.05) is 4.90 Å². The zero-order valence-electron chi connectivity index (χ0n) is 8.25. The van der Waals surface area contributed by atoms with E-state index in [0.717, 1.165) is 22.4 Å². The van der Waals surface area contributed by atoms with Gasteiger partial charge in [-0.15, -0.1) is 24.2 Å². The summed E-state index contributed by atoms with van der Waals surface area (Å²) >= 11 is 10.3. The normalized spacial score (nSPS) is 12.6. The number of carbonyl (C=O) groups excluding carboxylic acids is 1. The highest BCUT2D eigenvalue weighted by Crippen LogP contribution is 2.25. The van der Waals surface area contributed by atoms with Gasteiger partial charge in [-0.25, -0.2) is 0 Å². The number of carbonyl (C=O) groups is 1. The van der Waals surface area contributed by atoms with Gasteiger partial charge in [-0.3, -0.25) is 4.79 Å². The summed E-state index contributed by atoms with van der Waals surface area (Å²) in [6.07, 6.45) is 0.897. The Morgan fingerprint density at radius 1 is 1.57 bits per heavy atom. The minimum absolute atomic E-state index is 0.0272. The molecule has 0 bridgehead atoms. The zero-order valence-corrected chi connectivity index (χ0v) is 9.90. The summed E-state index contributed by atoms with van der Waals surface area (Å²) < 4.78 is 0. The molecule has 3 heteroatoms. The Hall–Kier alpha value is -0.470. The number of rotatable bonds is 3. The molecule has 1 nitrogen and oxygen atoms in total. The molecule has 0 amide bonds. The van der Waals surface area contributed by atoms with Crippen LogP contribution in [0, 0.1) is 0 Å². The van der Waals surface area contributed by atoms with Gasteiger partial charge >= 0.3 is 0 Å². The number of alkyl halides is 1. The van der Waals surface area contributed by atoms with E-state index in [1.807, 2.05) is 18.2 Å². The van der Waals surface area contributed by atoms with Crippen LogP contribution in [0.4, 0.5) is 0 Å². The minimum Gasteiger partial charge on any atom is -0.298 e. The number of hydrogen-bond donors (Lipinski definition) is 1. The van der Waals surface area contributed by atoms with Gasteiger partial charge in [0.2, 0.25) is 0 Å². The topological polar surface area (TPSA) is 17.1 Å². The third-order valence-corrected chi connectivity index (χ3v) is 3.13. The fourth-order valence-corrected chi connectivity index (χ4v) is 1.71. The van der Waals surface area contributed by atoms with E-state index in [0.29, 0.717) is 0 Å². The van der Waals surface area contributed by atoms with Gasteiger partial charge in [-0.05, 0) is 30.5 Å². The van der Waals surface area contributed by atoms with Crippen LogP contribution in [0.1, 0.15) is 30.4 Å². The molecular formula is C11H13ClOS. The lowest BCUT2D eigenvalue weighted by Gasteiger charge is -2.09. The third-order valence-electron chi connectivity index (χ3n) is 2.13. The van der Waals surface area contributed by atoms with Gasteiger partial charge in [-0.2, -0.15) is 0 Å². The van der Waals surface area contributed by atoms with Gasteiger partial charge in [0.15, 0.2) is 5.78 Å². The molecule has 0 saturated heterocycles. The minimum atomic E-state index is -0.533. The quantitative estimate of drug-likeness (QED) is 0.620. The number of thiol groups is 1. The number of halogens is 1. The third kappa shape index (κ3) is 2.52. The predicted octanol–water partition coefficient (Wildman–Crippen LogP) is 3.41. The molecule has 1 atom stereocenters. The summed E-state index contributed by atoms with van der Waals surface area (Å²) in [5.74, 6) is -0.0272. The van der Waals surface area contributed by atoms with Crippen LogP contribution in [-0.4, -0.2) is 5.78 Å². The van der Waals surface area contributed by atoms with Crippen molar-refractivity contribution >= 4 is 30.0 Å². The highest BCUT2D eigenvalue weighted by atomic mass is 35.5. The summed E-state index contributed by atoms with van der Waals surface area (Å²) in [5.41, 5.74) is 1.98. The van der Waals surface area contributed by atoms with Crippen LogP contribution < -0.4 is 0 Å². The van der Waals surface area contributed by atoms with Crippen molar-refractivity contribution in [3.63, 3.8) is 0 Å². The van der Waals surface area contributed by atoms with E-state index in [1.165, 1.54) is 6.92 Å². The number of aryl methyl sites for hydroxylation is 1. The maximum Gasteiger partial charge on any atom is 0.152 e. The Kier molecular flexibility index (Phi) is 4.02. The van der Waals surface area contributed by atoms with Crippen molar-refractivity contribution in [2.45, 2.75) is 30.5 Å². The molecule has 0 aromatic heterocycles. The second-order valence-corrected chi connectivity index (χ2v) is 4.13. The Balaban J connectivity index is 3.06. The van der Waals surface area contributed by atoms with E-state index in [4.69, 9.17) is 11.6 Å². The summed E-state index contributed by atoms with van der Waals surface area (Å²) in [6, 6.07) is 5.68. The smallest absolute Gasteiger partial charge is 0.152 e. The average Bonchev–Trinajstić information content (AvgIpc) is 2.17. The van der Waals surface area contributed by atoms with E-state index in [2.05, 4.69) is 19.6 Å². The van der Waals surface area contributed by atoms with E-state index in [-0.39, 0.29) is 5.78 Å². The van der Waals surface area contributed by atoms with Crippen LogP contribution in [0.15, 0.2) is 23.1 Å². The summed E-state index contributed by atoms with van der Waals surface area (Å²) in [6.45, 7) is 3.55. The molecule has 14 heavy (non-hydrogen) atoms. The standard InChI is InChI=1S/C11H13ClOS/c1-3-8-6-9(4-5-10(8)14)11(12)7(2)13/h4-6,11,14H,3H2,1-2H3. The van der Waals surface area contributed by atoms with E-state index in [9.17, 15) is 4.79 Å². The highest BCUT2D eigenvalue weighted by molar-refractivity contribution is 7.80. The fourth-order valence-electron chi connectivity index (χ4n) is 1.28. The Bertz CT molecular complexity index is 349. The molecule has 1 aromatic carbocycles. The first kappa shape index (κ1) is 11.6.